The summed E-state index contributed by atoms with van der Waals surface area (Å²) in [7, 11) is 5.22. The molecule has 25 heteroatoms. The van der Waals surface area contributed by atoms with Crippen molar-refractivity contribution in [2.75, 3.05) is 66.0 Å². The topological polar surface area (TPSA) is 307 Å². The molecule has 8 amide bonds. The molecule has 0 saturated carbocycles. The first kappa shape index (κ1) is 78.0. The minimum atomic E-state index is -1.08. The molecule has 1 fully saturated rings. The molecule has 2 aliphatic rings. The van der Waals surface area contributed by atoms with Gasteiger partial charge in [0.25, 0.3) is 24.2 Å². The second-order valence-electron chi connectivity index (χ2n) is 25.5. The van der Waals surface area contributed by atoms with E-state index in [1.807, 2.05) is 72.0 Å². The number of ether oxygens (including phenoxy) is 4. The van der Waals surface area contributed by atoms with Crippen molar-refractivity contribution < 1.29 is 71.7 Å². The predicted molar refractivity (Wildman–Crippen MR) is 359 cm³/mol. The number of imide groups is 1. The van der Waals surface area contributed by atoms with Crippen LogP contribution in [0.4, 0.5) is 5.69 Å². The van der Waals surface area contributed by atoms with Crippen molar-refractivity contribution in [3.63, 3.8) is 0 Å². The van der Waals surface area contributed by atoms with Gasteiger partial charge in [0.15, 0.2) is 11.9 Å². The van der Waals surface area contributed by atoms with Gasteiger partial charge in [-0.2, -0.15) is 0 Å². The smallest absolute Gasteiger partial charge is 0.306 e. The maximum Gasteiger partial charge on any atom is 0.306 e. The van der Waals surface area contributed by atoms with Crippen molar-refractivity contribution in [3.8, 4) is 0 Å². The van der Waals surface area contributed by atoms with Crippen LogP contribution in [0.15, 0.2) is 60.0 Å². The number of aryl methyl sites for hydroxylation is 3. The average Bonchev–Trinajstić information content (AvgIpc) is 1.81. The molecule has 0 aliphatic carbocycles. The van der Waals surface area contributed by atoms with E-state index in [9.17, 15) is 52.7 Å². The second-order valence-corrected chi connectivity index (χ2v) is 26.4. The Kier molecular flexibility index (Phi) is 32.8. The molecule has 0 radical (unpaired) electrons. The standard InChI is InChI=1S/C70H101N9O15S/c1-12-46(5)53(39-59(81)57-19-14-16-32-77(57)9)70(90)78(10)58(44(2)3)40-60(69-76-56(42-95-69)68(89)73-52(37-48(7)93-43-80)38-51-23-21-45(4)22-24-51)94-65(86)30-26-50-25-27-54(47(6)36-50)74-67(88)55(18-13-15-31-71-62(83)41-92-35-34-91-11)75-66(87)49(8)72-61(82)20-17-33-79-63(84)28-29-64(79)85/h21-25,27-29,36,42-44,46,48-49,52-53,55,57-58,60H,12-20,26,30-35,37-41H2,1-11H3,(H,71,83)(H,72,82)(H,73,89)(H,74,88)(H,75,87)/t46?,48?,49?,52-,53+,55?,57?,58-,60-/m1/s1. The summed E-state index contributed by atoms with van der Waals surface area (Å²) in [6.45, 7) is 16.9. The lowest BCUT2D eigenvalue weighted by Gasteiger charge is -2.37. The van der Waals surface area contributed by atoms with Crippen LogP contribution in [-0.4, -0.2) is 182 Å². The van der Waals surface area contributed by atoms with E-state index < -0.39 is 83.7 Å². The Bertz CT molecular complexity index is 3080. The van der Waals surface area contributed by atoms with Gasteiger partial charge in [-0.25, -0.2) is 4.98 Å². The van der Waals surface area contributed by atoms with Gasteiger partial charge in [-0.3, -0.25) is 62.5 Å². The number of unbranched alkanes of at least 4 members (excludes halogenated alkanes) is 1. The Morgan fingerprint density at radius 1 is 0.842 bits per heavy atom. The number of ketones is 1. The van der Waals surface area contributed by atoms with Crippen molar-refractivity contribution in [2.24, 2.45) is 17.8 Å². The molecule has 1 aromatic heterocycles. The number of anilines is 1. The van der Waals surface area contributed by atoms with Gasteiger partial charge in [-0.15, -0.1) is 11.3 Å². The van der Waals surface area contributed by atoms with Crippen LogP contribution in [0, 0.1) is 31.6 Å². The number of likely N-dealkylation sites (N-methyl/N-ethyl adjacent to an activating group) is 1. The Hall–Kier alpha value is -7.74. The highest BCUT2D eigenvalue weighted by Crippen LogP contribution is 2.34. The molecular formula is C70H101N9O15S. The number of Topliss-reactive ketones (excluding diaryl/α,β-unsaturated/α-hetero) is 1. The number of thiazole rings is 1. The lowest BCUT2D eigenvalue weighted by Crippen LogP contribution is -2.51. The molecule has 1 saturated heterocycles. The molecule has 24 nitrogen and oxygen atoms in total. The molecule has 5 N–H and O–H groups in total. The summed E-state index contributed by atoms with van der Waals surface area (Å²) in [6.07, 6.45) is 6.46. The highest BCUT2D eigenvalue weighted by Gasteiger charge is 2.38. The van der Waals surface area contributed by atoms with Crippen LogP contribution in [0.2, 0.25) is 0 Å². The van der Waals surface area contributed by atoms with Crippen LogP contribution in [0.25, 0.3) is 0 Å². The summed E-state index contributed by atoms with van der Waals surface area (Å²) >= 11 is 1.15. The summed E-state index contributed by atoms with van der Waals surface area (Å²) in [5.74, 6) is -4.94. The van der Waals surface area contributed by atoms with Gasteiger partial charge in [0.2, 0.25) is 29.5 Å². The van der Waals surface area contributed by atoms with E-state index in [-0.39, 0.29) is 112 Å². The zero-order valence-electron chi connectivity index (χ0n) is 57.3. The molecule has 0 bridgehead atoms. The number of nitrogens with zero attached hydrogens (tertiary/aromatic N) is 4. The Morgan fingerprint density at radius 3 is 2.22 bits per heavy atom. The number of methoxy groups -OCH3 is 1. The summed E-state index contributed by atoms with van der Waals surface area (Å²) in [5, 5.41) is 16.1. The maximum absolute atomic E-state index is 14.9. The highest BCUT2D eigenvalue weighted by atomic mass is 32.1. The number of aromatic nitrogens is 1. The molecule has 3 heterocycles. The van der Waals surface area contributed by atoms with E-state index in [0.29, 0.717) is 61.4 Å². The Balaban J connectivity index is 1.32. The van der Waals surface area contributed by atoms with E-state index in [1.54, 1.807) is 43.3 Å². The minimum absolute atomic E-state index is 0.0299. The average molecular weight is 1340 g/mol. The SMILES string of the molecule is CCC(C)[C@H](CC(=O)C1CCCCN1C)C(=O)N(C)[C@H](C[C@@H](OC(=O)CCc1ccc(NC(=O)C(CCCCNC(=O)COCCOC)NC(=O)C(C)NC(=O)CCCN2C(=O)C=CC2=O)c(C)c1)c1nc(C(=O)N[C@@H](Cc2ccc(C)cc2)CC(C)OC=O)cs1)C(C)C. The van der Waals surface area contributed by atoms with Crippen LogP contribution in [0.5, 0.6) is 0 Å². The first-order chi connectivity index (χ1) is 45.3. The van der Waals surface area contributed by atoms with Crippen LogP contribution in [0.3, 0.4) is 0 Å². The first-order valence-electron chi connectivity index (χ1n) is 33.3. The molecule has 9 atom stereocenters. The van der Waals surface area contributed by atoms with Gasteiger partial charge in [-0.1, -0.05) is 82.5 Å². The Morgan fingerprint density at radius 2 is 1.56 bits per heavy atom. The number of piperidine rings is 1. The van der Waals surface area contributed by atoms with E-state index >= 15 is 0 Å². The molecule has 2 aromatic carbocycles. The van der Waals surface area contributed by atoms with E-state index in [4.69, 9.17) is 23.9 Å². The molecule has 522 valence electrons. The summed E-state index contributed by atoms with van der Waals surface area (Å²) in [4.78, 5) is 155. The van der Waals surface area contributed by atoms with Crippen LogP contribution >= 0.6 is 11.3 Å². The minimum Gasteiger partial charge on any atom is -0.465 e. The zero-order valence-corrected chi connectivity index (χ0v) is 58.1. The van der Waals surface area contributed by atoms with Gasteiger partial charge in [-0.05, 0) is 127 Å². The van der Waals surface area contributed by atoms with Gasteiger partial charge < -0.3 is 50.4 Å². The predicted octanol–water partition coefficient (Wildman–Crippen LogP) is 6.83. The number of esters is 1. The fourth-order valence-corrected chi connectivity index (χ4v) is 12.5. The largest absolute Gasteiger partial charge is 0.465 e. The summed E-state index contributed by atoms with van der Waals surface area (Å²) in [5.41, 5.74) is 3.96. The van der Waals surface area contributed by atoms with E-state index in [1.165, 1.54) is 14.0 Å². The van der Waals surface area contributed by atoms with E-state index in [0.717, 1.165) is 70.9 Å². The maximum atomic E-state index is 14.9. The molecule has 5 rings (SSSR count). The zero-order chi connectivity index (χ0) is 69.7. The van der Waals surface area contributed by atoms with Gasteiger partial charge >= 0.3 is 5.97 Å². The molecule has 3 aromatic rings. The lowest BCUT2D eigenvalue weighted by molar-refractivity contribution is -0.152. The van der Waals surface area contributed by atoms with Crippen LogP contribution in [0.1, 0.15) is 169 Å². The third-order valence-corrected chi connectivity index (χ3v) is 18.5. The lowest BCUT2D eigenvalue weighted by atomic mass is 9.83. The molecule has 2 aliphatic heterocycles. The number of hydrogen-bond acceptors (Lipinski definition) is 18. The molecule has 0 spiro atoms. The molecule has 5 unspecified atom stereocenters. The summed E-state index contributed by atoms with van der Waals surface area (Å²) in [6, 6.07) is 9.86. The van der Waals surface area contributed by atoms with Gasteiger partial charge in [0.1, 0.15) is 35.5 Å². The summed E-state index contributed by atoms with van der Waals surface area (Å²) < 4.78 is 21.8. The normalized spacial score (nSPS) is 16.5. The first-order valence-corrected chi connectivity index (χ1v) is 34.2. The van der Waals surface area contributed by atoms with Crippen LogP contribution in [-0.2, 0) is 79.7 Å². The van der Waals surface area contributed by atoms with Crippen molar-refractivity contribution in [1.29, 1.82) is 0 Å². The monoisotopic (exact) mass is 1340 g/mol. The van der Waals surface area contributed by atoms with Crippen molar-refractivity contribution in [1.82, 2.24) is 41.0 Å². The number of likely N-dealkylation sites (tertiary alicyclic amines) is 1. The number of amides is 8. The fraction of sp³-hybridized carbons (Fsp3) is 0.600. The van der Waals surface area contributed by atoms with Crippen molar-refractivity contribution >= 4 is 82.5 Å². The van der Waals surface area contributed by atoms with Crippen molar-refractivity contribution in [3.05, 3.63) is 93.0 Å². The number of carbonyl (C=O) groups excluding carboxylic acids is 11. The number of rotatable bonds is 42. The molecular weight excluding hydrogens is 1240 g/mol. The van der Waals surface area contributed by atoms with Crippen molar-refractivity contribution in [2.45, 2.75) is 194 Å². The fourth-order valence-electron chi connectivity index (χ4n) is 11.7. The van der Waals surface area contributed by atoms with E-state index in [2.05, 4.69) is 31.5 Å². The third-order valence-electron chi connectivity index (χ3n) is 17.6. The quantitative estimate of drug-likeness (QED) is 0.0168. The van der Waals surface area contributed by atoms with Crippen LogP contribution < -0.4 is 26.6 Å². The number of carbonyl (C=O) groups is 11. The molecule has 95 heavy (non-hydrogen) atoms. The second kappa shape index (κ2) is 40.0. The number of nitrogens with one attached hydrogen (secondary N) is 5. The third kappa shape index (κ3) is 25.7. The number of benzene rings is 2. The highest BCUT2D eigenvalue weighted by molar-refractivity contribution is 7.09. The number of hydrogen-bond donors (Lipinski definition) is 5. The van der Waals surface area contributed by atoms with Gasteiger partial charge in [0.05, 0.1) is 19.3 Å². The van der Waals surface area contributed by atoms with Gasteiger partial charge in [0, 0.05) is 101 Å². The Labute approximate surface area is 563 Å².